The van der Waals surface area contributed by atoms with Crippen LogP contribution in [-0.2, 0) is 17.8 Å². The van der Waals surface area contributed by atoms with E-state index in [9.17, 15) is 0 Å². The van der Waals surface area contributed by atoms with Crippen molar-refractivity contribution in [3.8, 4) is 0 Å². The van der Waals surface area contributed by atoms with E-state index in [1.165, 1.54) is 0 Å². The van der Waals surface area contributed by atoms with Crippen LogP contribution in [0.25, 0.3) is 0 Å². The van der Waals surface area contributed by atoms with Crippen molar-refractivity contribution in [1.82, 2.24) is 19.9 Å². The summed E-state index contributed by atoms with van der Waals surface area (Å²) >= 11 is 0. The number of nitrogens with zero attached hydrogens (tertiary/aromatic N) is 4. The molecule has 2 N–H and O–H groups in total. The molecule has 98 valence electrons. The zero-order valence-corrected chi connectivity index (χ0v) is 11.2. The monoisotopic (exact) mass is 241 g/mol. The Morgan fingerprint density at radius 2 is 2.18 bits per heavy atom. The van der Waals surface area contributed by atoms with Gasteiger partial charge in [0.1, 0.15) is 5.69 Å². The Balaban J connectivity index is 2.73. The van der Waals surface area contributed by atoms with E-state index < -0.39 is 0 Å². The maximum Gasteiger partial charge on any atom is 0.102 e. The van der Waals surface area contributed by atoms with Crippen molar-refractivity contribution in [2.75, 3.05) is 27.7 Å². The molecule has 0 aliphatic heterocycles. The summed E-state index contributed by atoms with van der Waals surface area (Å²) in [6, 6.07) is 0. The molecule has 17 heavy (non-hydrogen) atoms. The van der Waals surface area contributed by atoms with Crippen LogP contribution in [0.3, 0.4) is 0 Å². The van der Waals surface area contributed by atoms with Gasteiger partial charge < -0.3 is 15.4 Å². The van der Waals surface area contributed by atoms with Crippen LogP contribution in [0, 0.1) is 0 Å². The van der Waals surface area contributed by atoms with Crippen LogP contribution < -0.4 is 5.73 Å². The minimum atomic E-state index is -0.0251. The molecule has 1 aromatic heterocycles. The number of hydrogen-bond acceptors (Lipinski definition) is 5. The molecule has 6 heteroatoms. The summed E-state index contributed by atoms with van der Waals surface area (Å²) in [5, 5.41) is 8.24. The van der Waals surface area contributed by atoms with Crippen LogP contribution in [0.1, 0.15) is 30.8 Å². The maximum atomic E-state index is 5.65. The van der Waals surface area contributed by atoms with Crippen molar-refractivity contribution in [3.63, 3.8) is 0 Å². The van der Waals surface area contributed by atoms with Gasteiger partial charge >= 0.3 is 0 Å². The highest BCUT2D eigenvalue weighted by molar-refractivity contribution is 5.12. The molecular formula is C11H23N5O. The lowest BCUT2D eigenvalue weighted by atomic mass is 10.2. The fraction of sp³-hybridized carbons (Fsp3) is 0.818. The molecule has 0 saturated heterocycles. The summed E-state index contributed by atoms with van der Waals surface area (Å²) in [6.45, 7) is 4.25. The van der Waals surface area contributed by atoms with Crippen LogP contribution in [0.4, 0.5) is 0 Å². The van der Waals surface area contributed by atoms with E-state index in [2.05, 4.69) is 29.3 Å². The van der Waals surface area contributed by atoms with Crippen LogP contribution in [0.15, 0.2) is 0 Å². The first kappa shape index (κ1) is 14.1. The van der Waals surface area contributed by atoms with Crippen molar-refractivity contribution in [1.29, 1.82) is 0 Å². The predicted molar refractivity (Wildman–Crippen MR) is 66.5 cm³/mol. The van der Waals surface area contributed by atoms with E-state index in [-0.39, 0.29) is 6.10 Å². The third-order valence-corrected chi connectivity index (χ3v) is 2.75. The normalized spacial score (nSPS) is 13.3. The molecule has 1 rings (SSSR count). The minimum absolute atomic E-state index is 0.0251. The quantitative estimate of drug-likeness (QED) is 0.748. The van der Waals surface area contributed by atoms with E-state index in [0.717, 1.165) is 30.9 Å². The average Bonchev–Trinajstić information content (AvgIpc) is 2.70. The third kappa shape index (κ3) is 3.76. The summed E-state index contributed by atoms with van der Waals surface area (Å²) in [5.41, 5.74) is 7.47. The zero-order chi connectivity index (χ0) is 12.8. The number of hydrogen-bond donors (Lipinski definition) is 1. The highest BCUT2D eigenvalue weighted by atomic mass is 16.5. The lowest BCUT2D eigenvalue weighted by molar-refractivity contribution is 0.110. The lowest BCUT2D eigenvalue weighted by Gasteiger charge is -2.14. The predicted octanol–water partition coefficient (Wildman–Crippen LogP) is 0.396. The number of aryl methyl sites for hydroxylation is 1. The number of ether oxygens (including phenoxy) is 1. The molecule has 0 saturated carbocycles. The van der Waals surface area contributed by atoms with E-state index in [0.29, 0.717) is 6.54 Å². The Morgan fingerprint density at radius 3 is 2.71 bits per heavy atom. The number of nitrogens with two attached hydrogens (primary N) is 1. The van der Waals surface area contributed by atoms with Gasteiger partial charge in [0.05, 0.1) is 11.8 Å². The molecule has 0 aromatic carbocycles. The molecule has 1 aromatic rings. The van der Waals surface area contributed by atoms with Gasteiger partial charge in [0, 0.05) is 20.2 Å². The van der Waals surface area contributed by atoms with Crippen LogP contribution in [-0.4, -0.2) is 47.6 Å². The Bertz CT molecular complexity index is 337. The smallest absolute Gasteiger partial charge is 0.102 e. The zero-order valence-electron chi connectivity index (χ0n) is 11.2. The summed E-state index contributed by atoms with van der Waals surface area (Å²) in [7, 11) is 5.80. The van der Waals surface area contributed by atoms with Gasteiger partial charge in [0.25, 0.3) is 0 Å². The van der Waals surface area contributed by atoms with E-state index >= 15 is 0 Å². The summed E-state index contributed by atoms with van der Waals surface area (Å²) < 4.78 is 7.24. The van der Waals surface area contributed by atoms with Crippen molar-refractivity contribution in [2.24, 2.45) is 5.73 Å². The molecule has 1 unspecified atom stereocenters. The highest BCUT2D eigenvalue weighted by Gasteiger charge is 2.17. The van der Waals surface area contributed by atoms with Crippen molar-refractivity contribution < 1.29 is 4.74 Å². The van der Waals surface area contributed by atoms with Gasteiger partial charge in [-0.25, -0.2) is 4.68 Å². The molecular weight excluding hydrogens is 218 g/mol. The molecule has 0 amide bonds. The Labute approximate surface area is 103 Å². The van der Waals surface area contributed by atoms with E-state index in [4.69, 9.17) is 10.5 Å². The SMILES string of the molecule is COC(C)c1c(CN)nnn1CCCN(C)C. The first-order valence-corrected chi connectivity index (χ1v) is 5.90. The second-order valence-electron chi connectivity index (χ2n) is 4.38. The molecule has 1 atom stereocenters. The number of aromatic nitrogens is 3. The average molecular weight is 241 g/mol. The van der Waals surface area contributed by atoms with Gasteiger partial charge in [-0.2, -0.15) is 0 Å². The van der Waals surface area contributed by atoms with Gasteiger partial charge in [-0.3, -0.25) is 0 Å². The molecule has 0 spiro atoms. The Hall–Kier alpha value is -0.980. The maximum absolute atomic E-state index is 5.65. The van der Waals surface area contributed by atoms with E-state index in [1.807, 2.05) is 11.6 Å². The van der Waals surface area contributed by atoms with Crippen LogP contribution >= 0.6 is 0 Å². The minimum Gasteiger partial charge on any atom is -0.375 e. The highest BCUT2D eigenvalue weighted by Crippen LogP contribution is 2.18. The van der Waals surface area contributed by atoms with Gasteiger partial charge in [-0.1, -0.05) is 5.21 Å². The third-order valence-electron chi connectivity index (χ3n) is 2.75. The van der Waals surface area contributed by atoms with Gasteiger partial charge in [0.15, 0.2) is 0 Å². The fourth-order valence-electron chi connectivity index (χ4n) is 1.76. The Kier molecular flexibility index (Phi) is 5.54. The molecule has 0 aliphatic carbocycles. The van der Waals surface area contributed by atoms with Crippen LogP contribution in [0.2, 0.25) is 0 Å². The van der Waals surface area contributed by atoms with Crippen LogP contribution in [0.5, 0.6) is 0 Å². The second kappa shape index (κ2) is 6.68. The first-order chi connectivity index (χ1) is 8.10. The summed E-state index contributed by atoms with van der Waals surface area (Å²) in [5.74, 6) is 0. The standard InChI is InChI=1S/C11H23N5O/c1-9(17-4)11-10(8-12)13-14-16(11)7-5-6-15(2)3/h9H,5-8,12H2,1-4H3. The number of rotatable bonds is 7. The van der Waals surface area contributed by atoms with Gasteiger partial charge in [0.2, 0.25) is 0 Å². The summed E-state index contributed by atoms with van der Waals surface area (Å²) in [4.78, 5) is 2.15. The molecule has 6 nitrogen and oxygen atoms in total. The molecule has 0 aliphatic rings. The molecule has 0 bridgehead atoms. The molecule has 0 fully saturated rings. The van der Waals surface area contributed by atoms with Crippen molar-refractivity contribution in [2.45, 2.75) is 32.5 Å². The largest absolute Gasteiger partial charge is 0.375 e. The second-order valence-corrected chi connectivity index (χ2v) is 4.38. The first-order valence-electron chi connectivity index (χ1n) is 5.90. The molecule has 0 radical (unpaired) electrons. The van der Waals surface area contributed by atoms with E-state index in [1.54, 1.807) is 7.11 Å². The van der Waals surface area contributed by atoms with Gasteiger partial charge in [-0.05, 0) is 34.0 Å². The van der Waals surface area contributed by atoms with Gasteiger partial charge in [-0.15, -0.1) is 5.10 Å². The Morgan fingerprint density at radius 1 is 1.47 bits per heavy atom. The van der Waals surface area contributed by atoms with Crippen molar-refractivity contribution in [3.05, 3.63) is 11.4 Å². The summed E-state index contributed by atoms with van der Waals surface area (Å²) in [6.07, 6.45) is 1.01. The lowest BCUT2D eigenvalue weighted by Crippen LogP contribution is -2.17. The fourth-order valence-corrected chi connectivity index (χ4v) is 1.76. The molecule has 1 heterocycles. The van der Waals surface area contributed by atoms with Crippen molar-refractivity contribution >= 4 is 0 Å². The number of methoxy groups -OCH3 is 1. The topological polar surface area (TPSA) is 69.2 Å².